The molecule has 2 rings (SSSR count). The minimum atomic E-state index is -4.41. The van der Waals surface area contributed by atoms with E-state index in [1.54, 1.807) is 13.0 Å². The predicted molar refractivity (Wildman–Crippen MR) is 180 cm³/mol. The third-order valence-electron chi connectivity index (χ3n) is 8.19. The molecule has 0 radical (unpaired) electrons. The number of aliphatic imine (C=N–C) groups is 1. The van der Waals surface area contributed by atoms with Crippen molar-refractivity contribution in [2.45, 2.75) is 124 Å². The first kappa shape index (κ1) is 41.1. The maximum absolute atomic E-state index is 13.7. The molecule has 1 amide bonds. The van der Waals surface area contributed by atoms with Gasteiger partial charge in [0.25, 0.3) is 5.91 Å². The second-order valence-electron chi connectivity index (χ2n) is 12.4. The standard InChI is InChI=1S/C18H29F3O.C18H28FN3O2/c1-5-9-13-15(11-7-3)22-17(12-8-4)16(14-10-6-2)18(19,20)21;1-10(2)8-21-14-7-11(3)12(4)16(14)17(20)18(24)22-6-5-15(23)13(19)9-22/h6,10,12,14-15H,5,7-9,11,13H2,1-4H3;11-13,15,23H,1,5-9,20H2,2-4H3/b10-6-,16-14+,17-12-;17-16-,21-14?/t;11-,12?,13?,15?/m.1/s1. The number of likely N-dealkylation sites (tertiary alicyclic amines) is 1. The van der Waals surface area contributed by atoms with Crippen LogP contribution in [0.2, 0.25) is 0 Å². The van der Waals surface area contributed by atoms with E-state index in [1.165, 1.54) is 17.1 Å². The van der Waals surface area contributed by atoms with Crippen molar-refractivity contribution in [1.29, 1.82) is 0 Å². The van der Waals surface area contributed by atoms with Crippen LogP contribution in [0.3, 0.4) is 0 Å². The molecule has 2 aliphatic rings. The third-order valence-corrected chi connectivity index (χ3v) is 8.19. The lowest BCUT2D eigenvalue weighted by atomic mass is 9.95. The highest BCUT2D eigenvalue weighted by atomic mass is 19.4. The Balaban J connectivity index is 0.000000463. The molecule has 4 unspecified atom stereocenters. The van der Waals surface area contributed by atoms with Gasteiger partial charge in [0.15, 0.2) is 0 Å². The fourth-order valence-corrected chi connectivity index (χ4v) is 5.39. The summed E-state index contributed by atoms with van der Waals surface area (Å²) in [6, 6.07) is 0. The molecule has 10 heteroatoms. The zero-order chi connectivity index (χ0) is 35.0. The number of hydrogen-bond acceptors (Lipinski definition) is 5. The van der Waals surface area contributed by atoms with Crippen LogP contribution in [0.25, 0.3) is 0 Å². The minimum Gasteiger partial charge on any atom is -0.490 e. The van der Waals surface area contributed by atoms with Crippen LogP contribution in [-0.4, -0.2) is 65.8 Å². The topological polar surface area (TPSA) is 88.2 Å². The van der Waals surface area contributed by atoms with Gasteiger partial charge in [-0.2, -0.15) is 13.2 Å². The van der Waals surface area contributed by atoms with E-state index in [0.717, 1.165) is 61.5 Å². The van der Waals surface area contributed by atoms with E-state index in [4.69, 9.17) is 10.5 Å². The van der Waals surface area contributed by atoms with E-state index in [-0.39, 0.29) is 42.4 Å². The molecule has 0 aromatic heterocycles. The van der Waals surface area contributed by atoms with E-state index >= 15 is 0 Å². The van der Waals surface area contributed by atoms with Gasteiger partial charge in [-0.15, -0.1) is 0 Å². The van der Waals surface area contributed by atoms with Gasteiger partial charge in [0, 0.05) is 17.8 Å². The fraction of sp³-hybridized carbons (Fsp3) is 0.667. The molecule has 1 saturated carbocycles. The number of nitrogens with two attached hydrogens (primary N) is 1. The number of allylic oxidation sites excluding steroid dienone is 6. The summed E-state index contributed by atoms with van der Waals surface area (Å²) >= 11 is 0. The first-order chi connectivity index (χ1) is 21.6. The summed E-state index contributed by atoms with van der Waals surface area (Å²) in [5.41, 5.74) is 8.24. The van der Waals surface area contributed by atoms with Crippen molar-refractivity contribution in [3.05, 3.63) is 59.1 Å². The number of hydrogen-bond donors (Lipinski definition) is 2. The Hall–Kier alpha value is -2.88. The maximum Gasteiger partial charge on any atom is 0.419 e. The van der Waals surface area contributed by atoms with Gasteiger partial charge < -0.3 is 20.5 Å². The highest BCUT2D eigenvalue weighted by Gasteiger charge is 2.38. The van der Waals surface area contributed by atoms with Crippen molar-refractivity contribution in [3.63, 3.8) is 0 Å². The molecule has 1 aliphatic heterocycles. The van der Waals surface area contributed by atoms with E-state index in [1.807, 2.05) is 27.7 Å². The van der Waals surface area contributed by atoms with Crippen molar-refractivity contribution in [1.82, 2.24) is 4.90 Å². The zero-order valence-electron chi connectivity index (χ0n) is 28.9. The molecule has 0 aromatic carbocycles. The van der Waals surface area contributed by atoms with Gasteiger partial charge in [0.1, 0.15) is 17.6 Å². The molecule has 5 atom stereocenters. The maximum atomic E-state index is 13.7. The van der Waals surface area contributed by atoms with Gasteiger partial charge in [0.05, 0.1) is 30.9 Å². The molecule has 1 saturated heterocycles. The van der Waals surface area contributed by atoms with Crippen LogP contribution in [-0.2, 0) is 9.53 Å². The van der Waals surface area contributed by atoms with Crippen LogP contribution < -0.4 is 5.73 Å². The summed E-state index contributed by atoms with van der Waals surface area (Å²) in [6.45, 7) is 18.2. The van der Waals surface area contributed by atoms with Crippen LogP contribution >= 0.6 is 0 Å². The van der Waals surface area contributed by atoms with E-state index in [9.17, 15) is 27.5 Å². The predicted octanol–water partition coefficient (Wildman–Crippen LogP) is 8.54. The van der Waals surface area contributed by atoms with Crippen molar-refractivity contribution in [3.8, 4) is 0 Å². The third kappa shape index (κ3) is 13.1. The molecule has 262 valence electrons. The number of rotatable bonds is 13. The Kier molecular flexibility index (Phi) is 18.2. The molecule has 1 aliphatic carbocycles. The Bertz CT molecular complexity index is 1140. The first-order valence-electron chi connectivity index (χ1n) is 16.7. The number of aliphatic hydroxyl groups excluding tert-OH is 1. The molecule has 46 heavy (non-hydrogen) atoms. The quantitative estimate of drug-likeness (QED) is 0.0685. The second kappa shape index (κ2) is 20.4. The average Bonchev–Trinajstić information content (AvgIpc) is 3.27. The Labute approximate surface area is 274 Å². The van der Waals surface area contributed by atoms with Gasteiger partial charge in [-0.1, -0.05) is 78.2 Å². The van der Waals surface area contributed by atoms with Crippen molar-refractivity contribution < 1.29 is 32.2 Å². The highest BCUT2D eigenvalue weighted by molar-refractivity contribution is 6.09. The number of piperidine rings is 1. The summed E-state index contributed by atoms with van der Waals surface area (Å²) in [4.78, 5) is 18.7. The number of amides is 1. The van der Waals surface area contributed by atoms with Crippen molar-refractivity contribution in [2.75, 3.05) is 19.6 Å². The molecular weight excluding hydrogens is 598 g/mol. The van der Waals surface area contributed by atoms with Crippen LogP contribution in [0.15, 0.2) is 64.1 Å². The molecule has 1 heterocycles. The number of unbranched alkanes of at least 4 members (excludes halogenated alkanes) is 1. The van der Waals surface area contributed by atoms with Gasteiger partial charge in [-0.05, 0) is 69.9 Å². The smallest absolute Gasteiger partial charge is 0.419 e. The fourth-order valence-electron chi connectivity index (χ4n) is 5.39. The Morgan fingerprint density at radius 3 is 2.41 bits per heavy atom. The van der Waals surface area contributed by atoms with Crippen molar-refractivity contribution >= 4 is 11.6 Å². The summed E-state index contributed by atoms with van der Waals surface area (Å²) < 4.78 is 59.3. The highest BCUT2D eigenvalue weighted by Crippen LogP contribution is 2.36. The number of alkyl halides is 4. The summed E-state index contributed by atoms with van der Waals surface area (Å²) in [7, 11) is 0. The molecule has 0 aromatic rings. The van der Waals surface area contributed by atoms with E-state index < -0.39 is 24.0 Å². The molecule has 2 fully saturated rings. The van der Waals surface area contributed by atoms with E-state index in [0.29, 0.717) is 25.4 Å². The largest absolute Gasteiger partial charge is 0.490 e. The Morgan fingerprint density at radius 2 is 1.89 bits per heavy atom. The van der Waals surface area contributed by atoms with Crippen LogP contribution in [0.4, 0.5) is 17.6 Å². The van der Waals surface area contributed by atoms with Crippen molar-refractivity contribution in [2.24, 2.45) is 22.6 Å². The lowest BCUT2D eigenvalue weighted by Crippen LogP contribution is -2.48. The zero-order valence-corrected chi connectivity index (χ0v) is 28.9. The number of halogens is 4. The van der Waals surface area contributed by atoms with Gasteiger partial charge in [-0.3, -0.25) is 9.79 Å². The van der Waals surface area contributed by atoms with Gasteiger partial charge >= 0.3 is 6.18 Å². The SMILES string of the molecule is C=C(C)CN=C1C[C@@H](C)C(C)/C1=C(/N)C(=O)N1CCC(O)C(F)C1.C\C=C/C=C(\C(=C\CC)OC(CCC)CCCC)C(F)(F)F. The molecule has 0 bridgehead atoms. The number of carbonyl (C=O) groups is 1. The number of aliphatic hydroxyl groups is 1. The minimum absolute atomic E-state index is 0.0392. The number of ether oxygens (including phenoxy) is 1. The first-order valence-corrected chi connectivity index (χ1v) is 16.7. The summed E-state index contributed by atoms with van der Waals surface area (Å²) in [5.74, 6) is 0.0906. The molecule has 6 nitrogen and oxygen atoms in total. The van der Waals surface area contributed by atoms with Crippen LogP contribution in [0.5, 0.6) is 0 Å². The monoisotopic (exact) mass is 655 g/mol. The van der Waals surface area contributed by atoms with E-state index in [2.05, 4.69) is 25.4 Å². The van der Waals surface area contributed by atoms with Gasteiger partial charge in [-0.25, -0.2) is 4.39 Å². The number of nitrogens with zero attached hydrogens (tertiary/aromatic N) is 2. The molecular formula is C36H57F4N3O3. The Morgan fingerprint density at radius 1 is 1.22 bits per heavy atom. The average molecular weight is 656 g/mol. The molecule has 3 N–H and O–H groups in total. The number of carbonyl (C=O) groups excluding carboxylic acids is 1. The summed E-state index contributed by atoms with van der Waals surface area (Å²) in [5, 5.41) is 9.48. The van der Waals surface area contributed by atoms with Gasteiger partial charge in [0.2, 0.25) is 0 Å². The van der Waals surface area contributed by atoms with Crippen LogP contribution in [0.1, 0.15) is 99.8 Å². The second-order valence-corrected chi connectivity index (χ2v) is 12.4. The van der Waals surface area contributed by atoms with Crippen LogP contribution in [0, 0.1) is 11.8 Å². The lowest BCUT2D eigenvalue weighted by Gasteiger charge is -2.32. The normalized spacial score (nSPS) is 25.4. The summed E-state index contributed by atoms with van der Waals surface area (Å²) in [6.07, 6.45) is 4.56. The molecule has 0 spiro atoms. The lowest BCUT2D eigenvalue weighted by molar-refractivity contribution is -0.131.